The zero-order chi connectivity index (χ0) is 11.0. The van der Waals surface area contributed by atoms with Gasteiger partial charge in [0, 0.05) is 12.0 Å². The number of pyridine rings is 1. The Morgan fingerprint density at radius 3 is 2.80 bits per heavy atom. The Morgan fingerprint density at radius 1 is 1.47 bits per heavy atom. The minimum Gasteiger partial charge on any atom is -0.491 e. The third-order valence-corrected chi connectivity index (χ3v) is 2.76. The lowest BCUT2D eigenvalue weighted by Gasteiger charge is -2.14. The second kappa shape index (κ2) is 3.80. The Balaban J connectivity index is 2.64. The zero-order valence-electron chi connectivity index (χ0n) is 9.43. The van der Waals surface area contributed by atoms with Crippen molar-refractivity contribution in [1.82, 2.24) is 4.98 Å². The highest BCUT2D eigenvalue weighted by Gasteiger charge is 2.25. The molecule has 2 rings (SSSR count). The summed E-state index contributed by atoms with van der Waals surface area (Å²) in [5.74, 6) is 0.665. The molecule has 0 N–H and O–H groups in total. The average molecular weight is 209 g/mol. The van der Waals surface area contributed by atoms with E-state index in [1.165, 1.54) is 0 Å². The van der Waals surface area contributed by atoms with Crippen LogP contribution in [0.2, 0.25) is 0 Å². The van der Waals surface area contributed by atoms with Crippen LogP contribution in [0.4, 0.5) is 4.39 Å². The van der Waals surface area contributed by atoms with E-state index in [0.29, 0.717) is 30.0 Å². The first-order valence-corrected chi connectivity index (χ1v) is 5.49. The van der Waals surface area contributed by atoms with Crippen molar-refractivity contribution in [2.24, 2.45) is 0 Å². The number of nitrogens with zero attached hydrogens (tertiary/aromatic N) is 1. The Kier molecular flexibility index (Phi) is 2.63. The fourth-order valence-corrected chi connectivity index (χ4v) is 2.00. The summed E-state index contributed by atoms with van der Waals surface area (Å²) < 4.78 is 19.5. The number of hydrogen-bond acceptors (Lipinski definition) is 2. The van der Waals surface area contributed by atoms with Crippen molar-refractivity contribution >= 4 is 0 Å². The highest BCUT2D eigenvalue weighted by Crippen LogP contribution is 2.36. The quantitative estimate of drug-likeness (QED) is 0.747. The second-order valence-corrected chi connectivity index (χ2v) is 4.17. The van der Waals surface area contributed by atoms with Crippen LogP contribution >= 0.6 is 0 Å². The average Bonchev–Trinajstić information content (AvgIpc) is 2.63. The molecule has 0 saturated carbocycles. The molecule has 2 nitrogen and oxygen atoms in total. The number of hydrogen-bond donors (Lipinski definition) is 0. The van der Waals surface area contributed by atoms with E-state index < -0.39 is 0 Å². The van der Waals surface area contributed by atoms with E-state index in [0.717, 1.165) is 12.1 Å². The number of aromatic nitrogens is 1. The van der Waals surface area contributed by atoms with Crippen LogP contribution in [0, 0.1) is 5.82 Å². The Bertz CT molecular complexity index is 387. The molecule has 1 aliphatic rings. The summed E-state index contributed by atoms with van der Waals surface area (Å²) in [4.78, 5) is 4.31. The van der Waals surface area contributed by atoms with Gasteiger partial charge >= 0.3 is 0 Å². The van der Waals surface area contributed by atoms with E-state index >= 15 is 0 Å². The van der Waals surface area contributed by atoms with Gasteiger partial charge in [-0.2, -0.15) is 0 Å². The molecule has 0 unspecified atom stereocenters. The molecule has 0 amide bonds. The first kappa shape index (κ1) is 10.4. The van der Waals surface area contributed by atoms with Gasteiger partial charge in [0.2, 0.25) is 0 Å². The maximum atomic E-state index is 14.0. The van der Waals surface area contributed by atoms with E-state index in [9.17, 15) is 4.39 Å². The Labute approximate surface area is 89.5 Å². The highest BCUT2D eigenvalue weighted by atomic mass is 19.1. The molecule has 0 aliphatic carbocycles. The molecular formula is C12H16FNO. The van der Waals surface area contributed by atoms with E-state index in [2.05, 4.69) is 4.98 Å². The molecule has 0 spiro atoms. The van der Waals surface area contributed by atoms with Gasteiger partial charge in [0.25, 0.3) is 0 Å². The van der Waals surface area contributed by atoms with Crippen LogP contribution in [0.5, 0.6) is 5.75 Å². The van der Waals surface area contributed by atoms with Gasteiger partial charge in [-0.05, 0) is 12.3 Å². The maximum Gasteiger partial charge on any atom is 0.151 e. The van der Waals surface area contributed by atoms with E-state index in [1.807, 2.05) is 20.8 Å². The van der Waals surface area contributed by atoms with Gasteiger partial charge in [-0.15, -0.1) is 0 Å². The summed E-state index contributed by atoms with van der Waals surface area (Å²) >= 11 is 0. The zero-order valence-corrected chi connectivity index (χ0v) is 9.43. The molecule has 1 aromatic heterocycles. The molecule has 15 heavy (non-hydrogen) atoms. The van der Waals surface area contributed by atoms with Gasteiger partial charge < -0.3 is 4.74 Å². The van der Waals surface area contributed by atoms with Gasteiger partial charge in [-0.3, -0.25) is 4.98 Å². The molecule has 1 aromatic rings. The number of aryl methyl sites for hydroxylation is 1. The third kappa shape index (κ3) is 1.60. The first-order chi connectivity index (χ1) is 7.15. The molecule has 0 radical (unpaired) electrons. The molecule has 2 heterocycles. The standard InChI is InChI=1S/C12H16FNO/c1-4-8-11(13)10(7(2)3)12-9(14-8)5-6-15-12/h7H,4-6H2,1-3H3. The molecule has 1 aliphatic heterocycles. The fourth-order valence-electron chi connectivity index (χ4n) is 2.00. The SMILES string of the molecule is CCc1nc2c(c(C(C)C)c1F)OCC2. The second-order valence-electron chi connectivity index (χ2n) is 4.17. The van der Waals surface area contributed by atoms with Crippen LogP contribution in [0.25, 0.3) is 0 Å². The van der Waals surface area contributed by atoms with Crippen molar-refractivity contribution in [3.8, 4) is 5.75 Å². The molecule has 0 saturated heterocycles. The van der Waals surface area contributed by atoms with Crippen LogP contribution in [0.1, 0.15) is 43.6 Å². The molecule has 0 aromatic carbocycles. The summed E-state index contributed by atoms with van der Waals surface area (Å²) in [5, 5.41) is 0. The predicted octanol–water partition coefficient (Wildman–Crippen LogP) is 2.84. The van der Waals surface area contributed by atoms with Crippen molar-refractivity contribution in [3.05, 3.63) is 22.8 Å². The van der Waals surface area contributed by atoms with Gasteiger partial charge in [-0.25, -0.2) is 4.39 Å². The number of fused-ring (bicyclic) bond motifs is 1. The molecule has 0 fully saturated rings. The monoisotopic (exact) mass is 209 g/mol. The molecule has 82 valence electrons. The lowest BCUT2D eigenvalue weighted by molar-refractivity contribution is 0.349. The summed E-state index contributed by atoms with van der Waals surface area (Å²) in [6.45, 7) is 6.53. The van der Waals surface area contributed by atoms with Crippen molar-refractivity contribution in [2.75, 3.05) is 6.61 Å². The van der Waals surface area contributed by atoms with E-state index in [1.54, 1.807) is 0 Å². The summed E-state index contributed by atoms with van der Waals surface area (Å²) in [6, 6.07) is 0. The predicted molar refractivity (Wildman–Crippen MR) is 56.9 cm³/mol. The molecule has 0 bridgehead atoms. The summed E-state index contributed by atoms with van der Waals surface area (Å²) in [5.41, 5.74) is 2.20. The molecule has 3 heteroatoms. The third-order valence-electron chi connectivity index (χ3n) is 2.76. The normalized spacial score (nSPS) is 14.2. The highest BCUT2D eigenvalue weighted by molar-refractivity contribution is 5.44. The lowest BCUT2D eigenvalue weighted by atomic mass is 9.99. The topological polar surface area (TPSA) is 22.1 Å². The summed E-state index contributed by atoms with van der Waals surface area (Å²) in [6.07, 6.45) is 1.45. The van der Waals surface area contributed by atoms with E-state index in [-0.39, 0.29) is 11.7 Å². The van der Waals surface area contributed by atoms with Crippen molar-refractivity contribution in [3.63, 3.8) is 0 Å². The first-order valence-electron chi connectivity index (χ1n) is 5.49. The van der Waals surface area contributed by atoms with Gasteiger partial charge in [-0.1, -0.05) is 20.8 Å². The van der Waals surface area contributed by atoms with Crippen LogP contribution in [-0.2, 0) is 12.8 Å². The van der Waals surface area contributed by atoms with Crippen molar-refractivity contribution < 1.29 is 9.13 Å². The Morgan fingerprint density at radius 2 is 2.20 bits per heavy atom. The minimum absolute atomic E-state index is 0.144. The Hall–Kier alpha value is -1.12. The van der Waals surface area contributed by atoms with E-state index in [4.69, 9.17) is 4.74 Å². The number of rotatable bonds is 2. The molecule has 0 atom stereocenters. The van der Waals surface area contributed by atoms with Crippen LogP contribution in [-0.4, -0.2) is 11.6 Å². The number of halogens is 1. The van der Waals surface area contributed by atoms with Crippen LogP contribution < -0.4 is 4.74 Å². The number of ether oxygens (including phenoxy) is 1. The van der Waals surface area contributed by atoms with Gasteiger partial charge in [0.05, 0.1) is 18.0 Å². The van der Waals surface area contributed by atoms with Crippen molar-refractivity contribution in [1.29, 1.82) is 0 Å². The largest absolute Gasteiger partial charge is 0.491 e. The lowest BCUT2D eigenvalue weighted by Crippen LogP contribution is -2.04. The van der Waals surface area contributed by atoms with Gasteiger partial charge in [0.15, 0.2) is 5.82 Å². The maximum absolute atomic E-state index is 14.0. The van der Waals surface area contributed by atoms with Crippen LogP contribution in [0.15, 0.2) is 0 Å². The molecular weight excluding hydrogens is 193 g/mol. The smallest absolute Gasteiger partial charge is 0.151 e. The minimum atomic E-state index is -0.173. The van der Waals surface area contributed by atoms with Crippen molar-refractivity contribution in [2.45, 2.75) is 39.5 Å². The van der Waals surface area contributed by atoms with Crippen LogP contribution in [0.3, 0.4) is 0 Å². The fraction of sp³-hybridized carbons (Fsp3) is 0.583. The van der Waals surface area contributed by atoms with Gasteiger partial charge in [0.1, 0.15) is 5.75 Å². The summed E-state index contributed by atoms with van der Waals surface area (Å²) in [7, 11) is 0.